The lowest BCUT2D eigenvalue weighted by atomic mass is 9.89. The Morgan fingerprint density at radius 2 is 0.689 bits per heavy atom. The largest absolute Gasteiger partial charge is 0.310 e. The van der Waals surface area contributed by atoms with Gasteiger partial charge in [-0.3, -0.25) is 0 Å². The van der Waals surface area contributed by atoms with Crippen molar-refractivity contribution in [1.82, 2.24) is 0 Å². The summed E-state index contributed by atoms with van der Waals surface area (Å²) in [6.07, 6.45) is 0. The Morgan fingerprint density at radius 1 is 0.230 bits per heavy atom. The van der Waals surface area contributed by atoms with Gasteiger partial charge < -0.3 is 4.90 Å². The molecule has 0 radical (unpaired) electrons. The number of nitrogens with zero attached hydrogens (tertiary/aromatic N) is 1. The highest BCUT2D eigenvalue weighted by Gasteiger charge is 2.19. The van der Waals surface area contributed by atoms with Gasteiger partial charge in [-0.05, 0) is 119 Å². The van der Waals surface area contributed by atoms with Crippen molar-refractivity contribution in [2.75, 3.05) is 4.90 Å². The van der Waals surface area contributed by atoms with Crippen LogP contribution in [0.25, 0.3) is 88.0 Å². The van der Waals surface area contributed by atoms with Gasteiger partial charge in [-0.2, -0.15) is 0 Å². The van der Waals surface area contributed by atoms with Crippen LogP contribution in [0.2, 0.25) is 0 Å². The van der Waals surface area contributed by atoms with E-state index in [1.165, 1.54) is 82.4 Å². The third kappa shape index (κ3) is 6.73. The van der Waals surface area contributed by atoms with Gasteiger partial charge in [0.15, 0.2) is 0 Å². The van der Waals surface area contributed by atoms with E-state index >= 15 is 0 Å². The molecule has 1 nitrogen and oxygen atoms in total. The maximum absolute atomic E-state index is 2.41. The minimum atomic E-state index is 1.09. The van der Waals surface area contributed by atoms with Gasteiger partial charge in [0.05, 0.1) is 5.69 Å². The highest BCUT2D eigenvalue weighted by Crippen LogP contribution is 2.44. The topological polar surface area (TPSA) is 3.24 Å². The molecule has 0 amide bonds. The first-order chi connectivity index (χ1) is 30.3. The minimum absolute atomic E-state index is 1.09. The zero-order valence-corrected chi connectivity index (χ0v) is 33.6. The van der Waals surface area contributed by atoms with Crippen LogP contribution in [0.15, 0.2) is 249 Å². The van der Waals surface area contributed by atoms with Crippen molar-refractivity contribution in [3.63, 3.8) is 0 Å². The van der Waals surface area contributed by atoms with Crippen LogP contribution in [0, 0.1) is 0 Å². The molecule has 0 saturated heterocycles. The molecule has 61 heavy (non-hydrogen) atoms. The molecule has 11 aromatic carbocycles. The van der Waals surface area contributed by atoms with Crippen molar-refractivity contribution in [1.29, 1.82) is 0 Å². The van der Waals surface area contributed by atoms with E-state index < -0.39 is 0 Å². The van der Waals surface area contributed by atoms with Gasteiger partial charge >= 0.3 is 0 Å². The Morgan fingerprint density at radius 3 is 1.39 bits per heavy atom. The molecule has 0 aliphatic carbocycles. The summed E-state index contributed by atoms with van der Waals surface area (Å²) in [4.78, 5) is 2.41. The maximum Gasteiger partial charge on any atom is 0.0540 e. The Balaban J connectivity index is 1.05. The Labute approximate surface area is 357 Å². The van der Waals surface area contributed by atoms with Crippen LogP contribution in [0.5, 0.6) is 0 Å². The lowest BCUT2D eigenvalue weighted by Gasteiger charge is -2.28. The molecule has 0 spiro atoms. The fourth-order valence-electron chi connectivity index (χ4n) is 9.11. The van der Waals surface area contributed by atoms with E-state index in [1.807, 2.05) is 0 Å². The molecule has 0 bridgehead atoms. The first kappa shape index (κ1) is 36.1. The second-order valence-electron chi connectivity index (χ2n) is 15.7. The third-order valence-electron chi connectivity index (χ3n) is 12.1. The van der Waals surface area contributed by atoms with Crippen LogP contribution in [0.3, 0.4) is 0 Å². The van der Waals surface area contributed by atoms with Gasteiger partial charge in [-0.25, -0.2) is 0 Å². The number of para-hydroxylation sites is 1. The molecule has 0 unspecified atom stereocenters. The predicted octanol–water partition coefficient (Wildman–Crippen LogP) is 17.0. The van der Waals surface area contributed by atoms with Crippen molar-refractivity contribution in [3.05, 3.63) is 249 Å². The van der Waals surface area contributed by atoms with Crippen LogP contribution in [0.1, 0.15) is 0 Å². The van der Waals surface area contributed by atoms with Gasteiger partial charge in [0.2, 0.25) is 0 Å². The first-order valence-electron chi connectivity index (χ1n) is 21.0. The lowest BCUT2D eigenvalue weighted by molar-refractivity contribution is 1.28. The number of anilines is 3. The molecule has 1 heteroatoms. The number of rotatable bonds is 8. The van der Waals surface area contributed by atoms with Gasteiger partial charge in [0.25, 0.3) is 0 Å². The molecular formula is C60H41N. The van der Waals surface area contributed by atoms with Gasteiger partial charge in [-0.1, -0.05) is 212 Å². The highest BCUT2D eigenvalue weighted by molar-refractivity contribution is 6.14. The predicted molar refractivity (Wildman–Crippen MR) is 261 cm³/mol. The smallest absolute Gasteiger partial charge is 0.0540 e. The summed E-state index contributed by atoms with van der Waals surface area (Å²) in [6, 6.07) is 90.4. The molecule has 0 saturated carbocycles. The van der Waals surface area contributed by atoms with Crippen molar-refractivity contribution < 1.29 is 0 Å². The number of hydrogen-bond donors (Lipinski definition) is 0. The van der Waals surface area contributed by atoms with E-state index in [4.69, 9.17) is 0 Å². The molecule has 0 fully saturated rings. The molecular weight excluding hydrogens is 735 g/mol. The second kappa shape index (κ2) is 15.6. The summed E-state index contributed by atoms with van der Waals surface area (Å²) in [7, 11) is 0. The SMILES string of the molecule is c1ccc(-c2ccc(-c3ccccc3N(c3ccc(-c4c(-c5ccccc5)ccc5ccccc45)cc3)c3ccc(-c4cc5ccccc5c5ccccc45)cc3)cc2)cc1. The normalized spacial score (nSPS) is 11.3. The molecule has 11 rings (SSSR count). The summed E-state index contributed by atoms with van der Waals surface area (Å²) >= 11 is 0. The van der Waals surface area contributed by atoms with Crippen molar-refractivity contribution >= 4 is 49.4 Å². The van der Waals surface area contributed by atoms with Crippen LogP contribution in [-0.2, 0) is 0 Å². The second-order valence-corrected chi connectivity index (χ2v) is 15.7. The summed E-state index contributed by atoms with van der Waals surface area (Å²) in [5.74, 6) is 0. The zero-order chi connectivity index (χ0) is 40.5. The first-order valence-corrected chi connectivity index (χ1v) is 21.0. The lowest BCUT2D eigenvalue weighted by Crippen LogP contribution is -2.11. The molecule has 0 atom stereocenters. The van der Waals surface area contributed by atoms with Crippen molar-refractivity contribution in [2.45, 2.75) is 0 Å². The van der Waals surface area contributed by atoms with Gasteiger partial charge in [0.1, 0.15) is 0 Å². The highest BCUT2D eigenvalue weighted by atomic mass is 15.1. The molecule has 286 valence electrons. The quantitative estimate of drug-likeness (QED) is 0.139. The van der Waals surface area contributed by atoms with Crippen LogP contribution in [-0.4, -0.2) is 0 Å². The monoisotopic (exact) mass is 775 g/mol. The van der Waals surface area contributed by atoms with Crippen molar-refractivity contribution in [3.8, 4) is 55.6 Å². The molecule has 0 N–H and O–H groups in total. The minimum Gasteiger partial charge on any atom is -0.310 e. The molecule has 0 aromatic heterocycles. The van der Waals surface area contributed by atoms with E-state index in [0.717, 1.165) is 22.6 Å². The number of benzene rings is 11. The number of fused-ring (bicyclic) bond motifs is 4. The summed E-state index contributed by atoms with van der Waals surface area (Å²) in [5, 5.41) is 7.53. The Bertz CT molecular complexity index is 3310. The van der Waals surface area contributed by atoms with E-state index in [9.17, 15) is 0 Å². The van der Waals surface area contributed by atoms with Crippen LogP contribution < -0.4 is 4.90 Å². The fraction of sp³-hybridized carbons (Fsp3) is 0. The standard InChI is InChI=1S/C60H41N/c1-3-15-42(16-4-1)43-27-29-46(30-28-43)53-22-13-14-26-59(53)61(50-36-31-47(32-37-50)58-41-49-20-8-9-21-52(49)56-24-11-12-25-57(56)58)51-38-33-48(34-39-51)60-54-23-10-7-19-45(54)35-40-55(60)44-17-5-2-6-18-44/h1-41H. The van der Waals surface area contributed by atoms with E-state index in [2.05, 4.69) is 254 Å². The third-order valence-corrected chi connectivity index (χ3v) is 12.1. The zero-order valence-electron chi connectivity index (χ0n) is 33.6. The Kier molecular flexibility index (Phi) is 9.26. The Hall–Kier alpha value is -8.00. The average molecular weight is 776 g/mol. The average Bonchev–Trinajstić information content (AvgIpc) is 3.35. The van der Waals surface area contributed by atoms with Crippen molar-refractivity contribution in [2.24, 2.45) is 0 Å². The molecule has 0 aliphatic heterocycles. The van der Waals surface area contributed by atoms with Gasteiger partial charge in [-0.15, -0.1) is 0 Å². The van der Waals surface area contributed by atoms with E-state index in [0.29, 0.717) is 0 Å². The summed E-state index contributed by atoms with van der Waals surface area (Å²) in [5.41, 5.74) is 15.3. The van der Waals surface area contributed by atoms with E-state index in [1.54, 1.807) is 0 Å². The molecule has 0 aliphatic rings. The molecule has 0 heterocycles. The van der Waals surface area contributed by atoms with Gasteiger partial charge in [0, 0.05) is 16.9 Å². The van der Waals surface area contributed by atoms with E-state index in [-0.39, 0.29) is 0 Å². The summed E-state index contributed by atoms with van der Waals surface area (Å²) in [6.45, 7) is 0. The fourth-order valence-corrected chi connectivity index (χ4v) is 9.11. The number of hydrogen-bond acceptors (Lipinski definition) is 1. The summed E-state index contributed by atoms with van der Waals surface area (Å²) < 4.78 is 0. The van der Waals surface area contributed by atoms with Crippen LogP contribution in [0.4, 0.5) is 17.1 Å². The van der Waals surface area contributed by atoms with Crippen LogP contribution >= 0.6 is 0 Å². The molecule has 11 aromatic rings. The maximum atomic E-state index is 2.41.